The Morgan fingerprint density at radius 1 is 1.56 bits per heavy atom. The van der Waals surface area contributed by atoms with Gasteiger partial charge in [-0.25, -0.2) is 4.79 Å². The molecule has 0 spiro atoms. The van der Waals surface area contributed by atoms with Gasteiger partial charge in [-0.3, -0.25) is 0 Å². The van der Waals surface area contributed by atoms with E-state index in [1.54, 1.807) is 12.1 Å². The molecule has 0 aliphatic heterocycles. The van der Waals surface area contributed by atoms with E-state index in [0.29, 0.717) is 29.7 Å². The van der Waals surface area contributed by atoms with Crippen molar-refractivity contribution in [1.82, 2.24) is 0 Å². The predicted molar refractivity (Wildman–Crippen MR) is 69.0 cm³/mol. The third kappa shape index (κ3) is 2.74. The van der Waals surface area contributed by atoms with E-state index in [1.807, 2.05) is 4.90 Å². The maximum atomic E-state index is 11.2. The summed E-state index contributed by atoms with van der Waals surface area (Å²) in [5.41, 5.74) is 0.858. The number of rotatable bonds is 5. The number of hydrogen-bond donors (Lipinski definition) is 1. The van der Waals surface area contributed by atoms with E-state index in [-0.39, 0.29) is 5.56 Å². The first-order chi connectivity index (χ1) is 8.63. The quantitative estimate of drug-likeness (QED) is 0.888. The van der Waals surface area contributed by atoms with E-state index in [0.717, 1.165) is 12.8 Å². The summed E-state index contributed by atoms with van der Waals surface area (Å²) < 4.78 is 0. The molecule has 0 atom stereocenters. The Hall–Kier alpha value is -1.73. The van der Waals surface area contributed by atoms with Crippen molar-refractivity contribution in [1.29, 1.82) is 5.26 Å². The van der Waals surface area contributed by atoms with Crippen molar-refractivity contribution in [3.63, 3.8) is 0 Å². The number of aromatic carboxylic acids is 1. The number of hydrogen-bond acceptors (Lipinski definition) is 3. The molecule has 1 aromatic rings. The molecule has 1 saturated carbocycles. The van der Waals surface area contributed by atoms with E-state index in [1.165, 1.54) is 6.07 Å². The molecule has 1 aliphatic rings. The summed E-state index contributed by atoms with van der Waals surface area (Å²) in [5.74, 6) is -0.991. The first-order valence-corrected chi connectivity index (χ1v) is 6.17. The van der Waals surface area contributed by atoms with Gasteiger partial charge in [0.1, 0.15) is 0 Å². The number of carbonyl (C=O) groups is 1. The van der Waals surface area contributed by atoms with Crippen LogP contribution in [0, 0.1) is 11.3 Å². The average molecular weight is 265 g/mol. The predicted octanol–water partition coefficient (Wildman–Crippen LogP) is 2.92. The molecule has 0 amide bonds. The van der Waals surface area contributed by atoms with E-state index in [2.05, 4.69) is 6.07 Å². The summed E-state index contributed by atoms with van der Waals surface area (Å²) in [7, 11) is 0. The zero-order chi connectivity index (χ0) is 13.1. The second-order valence-electron chi connectivity index (χ2n) is 4.30. The van der Waals surface area contributed by atoms with E-state index in [4.69, 9.17) is 16.9 Å². The molecule has 18 heavy (non-hydrogen) atoms. The summed E-state index contributed by atoms with van der Waals surface area (Å²) in [5, 5.41) is 18.3. The molecule has 0 radical (unpaired) electrons. The minimum Gasteiger partial charge on any atom is -0.478 e. The molecule has 0 heterocycles. The van der Waals surface area contributed by atoms with Crippen LogP contribution in [0.4, 0.5) is 5.69 Å². The van der Waals surface area contributed by atoms with Crippen molar-refractivity contribution in [2.24, 2.45) is 0 Å². The van der Waals surface area contributed by atoms with E-state index in [9.17, 15) is 9.90 Å². The van der Waals surface area contributed by atoms with Gasteiger partial charge in [-0.05, 0) is 31.0 Å². The van der Waals surface area contributed by atoms with Crippen LogP contribution in [0.5, 0.6) is 0 Å². The summed E-state index contributed by atoms with van der Waals surface area (Å²) in [6.45, 7) is 0.559. The largest absolute Gasteiger partial charge is 0.478 e. The van der Waals surface area contributed by atoms with Crippen molar-refractivity contribution in [3.05, 3.63) is 28.8 Å². The fourth-order valence-corrected chi connectivity index (χ4v) is 2.16. The summed E-state index contributed by atoms with van der Waals surface area (Å²) >= 11 is 5.83. The molecular formula is C13H13ClN2O2. The van der Waals surface area contributed by atoms with Gasteiger partial charge >= 0.3 is 5.97 Å². The fourth-order valence-electron chi connectivity index (χ4n) is 1.99. The summed E-state index contributed by atoms with van der Waals surface area (Å²) in [4.78, 5) is 13.2. The van der Waals surface area contributed by atoms with Crippen molar-refractivity contribution in [2.75, 3.05) is 11.4 Å². The summed E-state index contributed by atoms with van der Waals surface area (Å²) in [6.07, 6.45) is 2.48. The lowest BCUT2D eigenvalue weighted by molar-refractivity contribution is 0.0697. The smallest absolute Gasteiger partial charge is 0.337 e. The molecule has 4 nitrogen and oxygen atoms in total. The first kappa shape index (κ1) is 12.7. The van der Waals surface area contributed by atoms with Crippen molar-refractivity contribution in [2.45, 2.75) is 25.3 Å². The van der Waals surface area contributed by atoms with Crippen molar-refractivity contribution < 1.29 is 9.90 Å². The topological polar surface area (TPSA) is 64.3 Å². The van der Waals surface area contributed by atoms with Gasteiger partial charge in [0.25, 0.3) is 0 Å². The van der Waals surface area contributed by atoms with Gasteiger partial charge in [0.15, 0.2) is 0 Å². The van der Waals surface area contributed by atoms with Crippen LogP contribution in [0.25, 0.3) is 0 Å². The number of benzene rings is 1. The molecule has 0 saturated heterocycles. The van der Waals surface area contributed by atoms with Gasteiger partial charge in [-0.2, -0.15) is 5.26 Å². The minimum atomic E-state index is -0.991. The summed E-state index contributed by atoms with van der Waals surface area (Å²) in [6, 6.07) is 7.32. The number of nitriles is 1. The maximum absolute atomic E-state index is 11.2. The highest BCUT2D eigenvalue weighted by Crippen LogP contribution is 2.34. The number of anilines is 1. The Labute approximate surface area is 110 Å². The molecule has 5 heteroatoms. The molecule has 0 bridgehead atoms. The van der Waals surface area contributed by atoms with Crippen LogP contribution in [-0.4, -0.2) is 23.7 Å². The van der Waals surface area contributed by atoms with Gasteiger partial charge < -0.3 is 10.0 Å². The maximum Gasteiger partial charge on any atom is 0.337 e. The Bertz CT molecular complexity index is 506. The normalized spacial score (nSPS) is 14.0. The second kappa shape index (κ2) is 5.28. The van der Waals surface area contributed by atoms with Crippen molar-refractivity contribution in [3.8, 4) is 6.07 Å². The number of halogens is 1. The van der Waals surface area contributed by atoms with E-state index >= 15 is 0 Å². The van der Waals surface area contributed by atoms with Crippen LogP contribution in [0.2, 0.25) is 5.02 Å². The van der Waals surface area contributed by atoms with Gasteiger partial charge in [-0.1, -0.05) is 11.6 Å². The van der Waals surface area contributed by atoms with Crippen LogP contribution in [0.1, 0.15) is 29.6 Å². The second-order valence-corrected chi connectivity index (χ2v) is 4.74. The Kier molecular flexibility index (Phi) is 3.73. The van der Waals surface area contributed by atoms with Crippen LogP contribution in [0.15, 0.2) is 18.2 Å². The Morgan fingerprint density at radius 2 is 2.28 bits per heavy atom. The molecular weight excluding hydrogens is 252 g/mol. The third-order valence-corrected chi connectivity index (χ3v) is 3.19. The van der Waals surface area contributed by atoms with Gasteiger partial charge in [0.05, 0.1) is 23.7 Å². The molecule has 0 unspecified atom stereocenters. The van der Waals surface area contributed by atoms with Gasteiger partial charge in [-0.15, -0.1) is 0 Å². The van der Waals surface area contributed by atoms with Gasteiger partial charge in [0.2, 0.25) is 0 Å². The molecule has 1 N–H and O–H groups in total. The number of nitrogens with zero attached hydrogens (tertiary/aromatic N) is 2. The standard InChI is InChI=1S/C13H13ClN2O2/c14-9-2-5-12(11(8-9)13(17)18)16(7-1-6-15)10-3-4-10/h2,5,8,10H,1,3-4,7H2,(H,17,18). The lowest BCUT2D eigenvalue weighted by Gasteiger charge is -2.25. The SMILES string of the molecule is N#CCCN(c1ccc(Cl)cc1C(=O)O)C1CC1. The van der Waals surface area contributed by atoms with Crippen LogP contribution >= 0.6 is 11.6 Å². The molecule has 94 valence electrons. The first-order valence-electron chi connectivity index (χ1n) is 5.80. The molecule has 1 fully saturated rings. The zero-order valence-electron chi connectivity index (χ0n) is 9.77. The van der Waals surface area contributed by atoms with Crippen LogP contribution in [-0.2, 0) is 0 Å². The lowest BCUT2D eigenvalue weighted by atomic mass is 10.1. The van der Waals surface area contributed by atoms with Crippen LogP contribution in [0.3, 0.4) is 0 Å². The number of carboxylic acid groups (broad SMARTS) is 1. The highest BCUT2D eigenvalue weighted by molar-refractivity contribution is 6.31. The highest BCUT2D eigenvalue weighted by Gasteiger charge is 2.31. The highest BCUT2D eigenvalue weighted by atomic mass is 35.5. The number of carboxylic acids is 1. The zero-order valence-corrected chi connectivity index (χ0v) is 10.5. The monoisotopic (exact) mass is 264 g/mol. The Balaban J connectivity index is 2.34. The Morgan fingerprint density at radius 3 is 2.83 bits per heavy atom. The third-order valence-electron chi connectivity index (χ3n) is 2.95. The van der Waals surface area contributed by atoms with Gasteiger partial charge in [0, 0.05) is 17.6 Å². The van der Waals surface area contributed by atoms with E-state index < -0.39 is 5.97 Å². The molecule has 2 rings (SSSR count). The van der Waals surface area contributed by atoms with Crippen molar-refractivity contribution >= 4 is 23.3 Å². The van der Waals surface area contributed by atoms with Crippen LogP contribution < -0.4 is 4.90 Å². The minimum absolute atomic E-state index is 0.201. The average Bonchev–Trinajstić information content (AvgIpc) is 3.15. The molecule has 1 aromatic carbocycles. The molecule has 0 aromatic heterocycles. The fraction of sp³-hybridized carbons (Fsp3) is 0.385. The molecule has 1 aliphatic carbocycles. The lowest BCUT2D eigenvalue weighted by Crippen LogP contribution is -2.28.